The SMILES string of the molecule is CC1(C)CCc2c(-c3ccoc3)nc3sc4c(NCc5cccnc5)ncnc4c3c2C1. The molecule has 0 aliphatic heterocycles. The summed E-state index contributed by atoms with van der Waals surface area (Å²) in [7, 11) is 0. The average molecular weight is 442 g/mol. The molecular formula is C25H23N5OS. The molecular weight excluding hydrogens is 418 g/mol. The molecule has 0 atom stereocenters. The fraction of sp³-hybridized carbons (Fsp3) is 0.280. The second kappa shape index (κ2) is 7.38. The van der Waals surface area contributed by atoms with Crippen molar-refractivity contribution in [2.45, 2.75) is 39.7 Å². The topological polar surface area (TPSA) is 76.7 Å². The molecule has 7 heteroatoms. The van der Waals surface area contributed by atoms with Gasteiger partial charge in [-0.2, -0.15) is 0 Å². The van der Waals surface area contributed by atoms with E-state index in [0.717, 1.165) is 56.9 Å². The molecule has 0 bridgehead atoms. The molecule has 0 fully saturated rings. The lowest BCUT2D eigenvalue weighted by atomic mass is 9.73. The first-order valence-corrected chi connectivity index (χ1v) is 11.6. The molecule has 0 amide bonds. The van der Waals surface area contributed by atoms with E-state index in [9.17, 15) is 0 Å². The smallest absolute Gasteiger partial charge is 0.147 e. The van der Waals surface area contributed by atoms with Crippen molar-refractivity contribution in [3.63, 3.8) is 0 Å². The van der Waals surface area contributed by atoms with Crippen molar-refractivity contribution in [1.29, 1.82) is 0 Å². The van der Waals surface area contributed by atoms with Gasteiger partial charge in [0.1, 0.15) is 17.0 Å². The number of aromatic nitrogens is 4. The van der Waals surface area contributed by atoms with Crippen molar-refractivity contribution in [1.82, 2.24) is 19.9 Å². The predicted molar refractivity (Wildman–Crippen MR) is 128 cm³/mol. The summed E-state index contributed by atoms with van der Waals surface area (Å²) in [5, 5.41) is 4.67. The van der Waals surface area contributed by atoms with Gasteiger partial charge in [0.05, 0.1) is 28.4 Å². The minimum Gasteiger partial charge on any atom is -0.472 e. The molecule has 6 nitrogen and oxygen atoms in total. The fourth-order valence-corrected chi connectivity index (χ4v) is 5.78. The number of pyridine rings is 2. The highest BCUT2D eigenvalue weighted by atomic mass is 32.1. The minimum absolute atomic E-state index is 0.248. The van der Waals surface area contributed by atoms with Crippen molar-refractivity contribution in [2.24, 2.45) is 5.41 Å². The number of anilines is 1. The van der Waals surface area contributed by atoms with E-state index in [0.29, 0.717) is 6.54 Å². The maximum atomic E-state index is 5.39. The highest BCUT2D eigenvalue weighted by molar-refractivity contribution is 7.26. The molecule has 0 spiro atoms. The van der Waals surface area contributed by atoms with Crippen LogP contribution >= 0.6 is 11.3 Å². The third kappa shape index (κ3) is 3.24. The molecule has 0 unspecified atom stereocenters. The summed E-state index contributed by atoms with van der Waals surface area (Å²) in [4.78, 5) is 19.6. The van der Waals surface area contributed by atoms with Crippen molar-refractivity contribution in [2.75, 3.05) is 5.32 Å². The molecule has 0 aromatic carbocycles. The number of fused-ring (bicyclic) bond motifs is 5. The molecule has 1 aliphatic carbocycles. The van der Waals surface area contributed by atoms with Gasteiger partial charge in [-0.15, -0.1) is 11.3 Å². The molecule has 1 N–H and O–H groups in total. The second-order valence-electron chi connectivity index (χ2n) is 9.17. The van der Waals surface area contributed by atoms with Crippen LogP contribution < -0.4 is 5.32 Å². The Balaban J connectivity index is 1.54. The molecule has 32 heavy (non-hydrogen) atoms. The minimum atomic E-state index is 0.248. The molecule has 5 aromatic heterocycles. The third-order valence-corrected chi connectivity index (χ3v) is 7.38. The maximum absolute atomic E-state index is 5.39. The Labute approximate surface area is 189 Å². The van der Waals surface area contributed by atoms with Crippen LogP contribution in [0.25, 0.3) is 31.7 Å². The fourth-order valence-electron chi connectivity index (χ4n) is 4.66. The van der Waals surface area contributed by atoms with E-state index in [4.69, 9.17) is 14.4 Å². The van der Waals surface area contributed by atoms with E-state index in [2.05, 4.69) is 35.2 Å². The lowest BCUT2D eigenvalue weighted by molar-refractivity contribution is 0.317. The Morgan fingerprint density at radius 3 is 2.94 bits per heavy atom. The van der Waals surface area contributed by atoms with Gasteiger partial charge in [0.15, 0.2) is 0 Å². The van der Waals surface area contributed by atoms with Crippen molar-refractivity contribution in [3.05, 3.63) is 66.1 Å². The first-order valence-electron chi connectivity index (χ1n) is 10.8. The third-order valence-electron chi connectivity index (χ3n) is 6.30. The number of thiophene rings is 1. The van der Waals surface area contributed by atoms with Crippen molar-refractivity contribution >= 4 is 37.6 Å². The van der Waals surface area contributed by atoms with E-state index in [1.165, 1.54) is 16.5 Å². The summed E-state index contributed by atoms with van der Waals surface area (Å²) < 4.78 is 6.44. The van der Waals surface area contributed by atoms with Gasteiger partial charge in [-0.05, 0) is 53.5 Å². The summed E-state index contributed by atoms with van der Waals surface area (Å²) in [6.07, 6.45) is 12.0. The number of hydrogen-bond acceptors (Lipinski definition) is 7. The Kier molecular flexibility index (Phi) is 4.47. The van der Waals surface area contributed by atoms with Crippen LogP contribution in [0.3, 0.4) is 0 Å². The van der Waals surface area contributed by atoms with Gasteiger partial charge < -0.3 is 9.73 Å². The lowest BCUT2D eigenvalue weighted by Gasteiger charge is -2.32. The Morgan fingerprint density at radius 1 is 1.19 bits per heavy atom. The summed E-state index contributed by atoms with van der Waals surface area (Å²) in [5.74, 6) is 0.843. The first kappa shape index (κ1) is 19.4. The summed E-state index contributed by atoms with van der Waals surface area (Å²) in [6, 6.07) is 6.00. The number of furan rings is 1. The number of nitrogens with zero attached hydrogens (tertiary/aromatic N) is 4. The maximum Gasteiger partial charge on any atom is 0.147 e. The van der Waals surface area contributed by atoms with Gasteiger partial charge >= 0.3 is 0 Å². The van der Waals surface area contributed by atoms with Gasteiger partial charge in [0, 0.05) is 29.9 Å². The van der Waals surface area contributed by atoms with Crippen LogP contribution in [0.4, 0.5) is 5.82 Å². The molecule has 5 heterocycles. The zero-order chi connectivity index (χ0) is 21.7. The number of nitrogens with one attached hydrogen (secondary N) is 1. The van der Waals surface area contributed by atoms with Crippen LogP contribution in [0.2, 0.25) is 0 Å². The normalized spacial score (nSPS) is 15.2. The van der Waals surface area contributed by atoms with Crippen LogP contribution in [0.5, 0.6) is 0 Å². The van der Waals surface area contributed by atoms with E-state index >= 15 is 0 Å². The number of hydrogen-bond donors (Lipinski definition) is 1. The van der Waals surface area contributed by atoms with Crippen LogP contribution in [0.1, 0.15) is 37.0 Å². The lowest BCUT2D eigenvalue weighted by Crippen LogP contribution is -2.23. The molecule has 0 saturated carbocycles. The van der Waals surface area contributed by atoms with E-state index in [-0.39, 0.29) is 5.41 Å². The van der Waals surface area contributed by atoms with Crippen LogP contribution in [0.15, 0.2) is 53.9 Å². The zero-order valence-electron chi connectivity index (χ0n) is 18.1. The Bertz CT molecular complexity index is 1420. The summed E-state index contributed by atoms with van der Waals surface area (Å²) in [5.41, 5.74) is 7.15. The van der Waals surface area contributed by atoms with Gasteiger partial charge in [-0.3, -0.25) is 4.98 Å². The van der Waals surface area contributed by atoms with E-state index in [1.54, 1.807) is 36.4 Å². The van der Waals surface area contributed by atoms with Gasteiger partial charge in [-0.25, -0.2) is 15.0 Å². The molecule has 0 radical (unpaired) electrons. The second-order valence-corrected chi connectivity index (χ2v) is 10.2. The van der Waals surface area contributed by atoms with Gasteiger partial charge in [0.2, 0.25) is 0 Å². The Morgan fingerprint density at radius 2 is 2.12 bits per heavy atom. The average Bonchev–Trinajstić information content (AvgIpc) is 3.45. The summed E-state index contributed by atoms with van der Waals surface area (Å²) in [6.45, 7) is 5.36. The van der Waals surface area contributed by atoms with Crippen molar-refractivity contribution in [3.8, 4) is 11.3 Å². The Hall–Kier alpha value is -3.32. The van der Waals surface area contributed by atoms with E-state index < -0.39 is 0 Å². The largest absolute Gasteiger partial charge is 0.472 e. The standard InChI is InChI=1S/C25H23N5OS/c1-25(2)7-5-17-18(10-25)19-21-22(32-24(19)30-20(17)16-6-9-31-13-16)23(29-14-28-21)27-12-15-4-3-8-26-11-15/h3-4,6,8-9,11,13-14H,5,7,10,12H2,1-2H3,(H,27,28,29). The van der Waals surface area contributed by atoms with Crippen LogP contribution in [-0.4, -0.2) is 19.9 Å². The monoisotopic (exact) mass is 441 g/mol. The zero-order valence-corrected chi connectivity index (χ0v) is 18.9. The highest BCUT2D eigenvalue weighted by Crippen LogP contribution is 2.46. The predicted octanol–water partition coefficient (Wildman–Crippen LogP) is 6.02. The highest BCUT2D eigenvalue weighted by Gasteiger charge is 2.31. The van der Waals surface area contributed by atoms with Gasteiger partial charge in [0.25, 0.3) is 0 Å². The molecule has 6 rings (SSSR count). The van der Waals surface area contributed by atoms with Crippen molar-refractivity contribution < 1.29 is 4.42 Å². The quantitative estimate of drug-likeness (QED) is 0.367. The molecule has 1 aliphatic rings. The van der Waals surface area contributed by atoms with E-state index in [1.807, 2.05) is 18.3 Å². The molecule has 0 saturated heterocycles. The van der Waals surface area contributed by atoms with Crippen LogP contribution in [0, 0.1) is 5.41 Å². The molecule has 5 aromatic rings. The number of rotatable bonds is 4. The summed E-state index contributed by atoms with van der Waals surface area (Å²) >= 11 is 1.66. The van der Waals surface area contributed by atoms with Gasteiger partial charge in [-0.1, -0.05) is 19.9 Å². The molecule has 160 valence electrons. The van der Waals surface area contributed by atoms with Crippen LogP contribution in [-0.2, 0) is 19.4 Å². The first-order chi connectivity index (χ1) is 15.6.